The molecule has 16 heteroatoms. The Labute approximate surface area is 257 Å². The van der Waals surface area contributed by atoms with Crippen LogP contribution in [0.25, 0.3) is 22.0 Å². The lowest BCUT2D eigenvalue weighted by Crippen LogP contribution is -2.44. The largest absolute Gasteiger partial charge is 0.490 e. The molecule has 0 spiro atoms. The lowest BCUT2D eigenvalue weighted by Gasteiger charge is -2.33. The highest BCUT2D eigenvalue weighted by molar-refractivity contribution is 6.30. The van der Waals surface area contributed by atoms with Gasteiger partial charge in [-0.1, -0.05) is 23.7 Å². The Balaban J connectivity index is 1.47. The number of halogens is 6. The molecular weight excluding hydrogens is 627 g/mol. The molecule has 0 bridgehead atoms. The van der Waals surface area contributed by atoms with Crippen molar-refractivity contribution in [2.24, 2.45) is 5.73 Å². The number of hydrogen-bond acceptors (Lipinski definition) is 7. The monoisotopic (exact) mass is 652 g/mol. The van der Waals surface area contributed by atoms with Crippen molar-refractivity contribution in [2.45, 2.75) is 56.7 Å². The SMILES string of the molecule is NC(Cc1nc2cc(-c3cnn(C(F)F)c3)c(O[C@H]3CCN4C(=O)OC[C@@H]4C3)cc2c(=O)n1Cc1ccc(Cl)cc1)C(F)(F)F. The zero-order valence-electron chi connectivity index (χ0n) is 23.4. The third-order valence-corrected chi connectivity index (χ3v) is 8.17. The Hall–Kier alpha value is -4.24. The van der Waals surface area contributed by atoms with Crippen LogP contribution in [0.3, 0.4) is 0 Å². The molecule has 2 saturated heterocycles. The van der Waals surface area contributed by atoms with Crippen LogP contribution in [-0.2, 0) is 17.7 Å². The quantitative estimate of drug-likeness (QED) is 0.262. The fourth-order valence-electron chi connectivity index (χ4n) is 5.55. The van der Waals surface area contributed by atoms with Gasteiger partial charge in [-0.25, -0.2) is 14.5 Å². The van der Waals surface area contributed by atoms with Crippen LogP contribution in [0.15, 0.2) is 53.6 Å². The predicted octanol–water partition coefficient (Wildman–Crippen LogP) is 5.15. The Morgan fingerprint density at radius 2 is 1.91 bits per heavy atom. The van der Waals surface area contributed by atoms with Gasteiger partial charge in [-0.3, -0.25) is 9.36 Å². The van der Waals surface area contributed by atoms with Gasteiger partial charge < -0.3 is 20.1 Å². The first-order chi connectivity index (χ1) is 21.4. The summed E-state index contributed by atoms with van der Waals surface area (Å²) in [4.78, 5) is 32.0. The van der Waals surface area contributed by atoms with Crippen molar-refractivity contribution >= 4 is 28.6 Å². The van der Waals surface area contributed by atoms with Gasteiger partial charge in [0.2, 0.25) is 0 Å². The van der Waals surface area contributed by atoms with Crippen LogP contribution in [0.4, 0.5) is 26.7 Å². The van der Waals surface area contributed by atoms with Crippen molar-refractivity contribution in [1.82, 2.24) is 24.2 Å². The van der Waals surface area contributed by atoms with E-state index in [4.69, 9.17) is 26.8 Å². The first-order valence-corrected chi connectivity index (χ1v) is 14.3. The first-order valence-electron chi connectivity index (χ1n) is 13.9. The van der Waals surface area contributed by atoms with E-state index < -0.39 is 42.9 Å². The maximum Gasteiger partial charge on any atom is 0.410 e. The van der Waals surface area contributed by atoms with E-state index in [-0.39, 0.29) is 52.8 Å². The maximum atomic E-state index is 14.0. The number of alkyl halides is 5. The standard InChI is InChI=1S/C29H26ClF5N6O4/c30-17-3-1-15(2-4-17)12-40-25(10-24(36)29(33,34)35)38-22-8-20(16-11-37-41(13-16)27(31)32)23(9-21(22)26(40)42)45-19-5-6-39-18(7-19)14-44-28(39)43/h1-4,8-9,11,13,18-19,24,27H,5-7,10,12,14,36H2/t18-,19-,24?/m0/s1. The number of amides is 1. The fourth-order valence-corrected chi connectivity index (χ4v) is 5.68. The summed E-state index contributed by atoms with van der Waals surface area (Å²) in [6, 6.07) is 6.75. The number of carbonyl (C=O) groups excluding carboxylic acids is 1. The van der Waals surface area contributed by atoms with Gasteiger partial charge in [0.25, 0.3) is 5.56 Å². The molecule has 10 nitrogen and oxygen atoms in total. The van der Waals surface area contributed by atoms with E-state index >= 15 is 0 Å². The number of nitrogens with two attached hydrogens (primary N) is 1. The third-order valence-electron chi connectivity index (χ3n) is 7.92. The Bertz CT molecular complexity index is 1790. The number of fused-ring (bicyclic) bond motifs is 2. The van der Waals surface area contributed by atoms with Crippen molar-refractivity contribution in [3.05, 3.63) is 75.6 Å². The van der Waals surface area contributed by atoms with Crippen LogP contribution < -0.4 is 16.0 Å². The zero-order chi connectivity index (χ0) is 32.0. The van der Waals surface area contributed by atoms with E-state index in [0.717, 1.165) is 10.8 Å². The van der Waals surface area contributed by atoms with Crippen LogP contribution in [-0.4, -0.2) is 67.8 Å². The summed E-state index contributed by atoms with van der Waals surface area (Å²) in [6.45, 7) is -2.47. The maximum absolute atomic E-state index is 14.0. The lowest BCUT2D eigenvalue weighted by molar-refractivity contribution is -0.147. The van der Waals surface area contributed by atoms with Crippen LogP contribution >= 0.6 is 11.6 Å². The molecule has 2 fully saturated rings. The van der Waals surface area contributed by atoms with Crippen molar-refractivity contribution in [3.8, 4) is 16.9 Å². The number of carbonyl (C=O) groups is 1. The topological polar surface area (TPSA) is 118 Å². The summed E-state index contributed by atoms with van der Waals surface area (Å²) in [6.07, 6.45) is -3.23. The molecule has 0 radical (unpaired) electrons. The molecule has 2 aliphatic rings. The number of rotatable bonds is 8. The molecule has 1 unspecified atom stereocenters. The summed E-state index contributed by atoms with van der Waals surface area (Å²) in [5.74, 6) is -0.0508. The molecule has 2 aliphatic heterocycles. The minimum absolute atomic E-state index is 0.0217. The molecule has 0 aliphatic carbocycles. The van der Waals surface area contributed by atoms with Crippen LogP contribution in [0, 0.1) is 0 Å². The van der Waals surface area contributed by atoms with E-state index in [0.29, 0.717) is 34.7 Å². The zero-order valence-corrected chi connectivity index (χ0v) is 24.1. The van der Waals surface area contributed by atoms with Crippen LogP contribution in [0.2, 0.25) is 5.02 Å². The van der Waals surface area contributed by atoms with Gasteiger partial charge in [0, 0.05) is 48.2 Å². The summed E-state index contributed by atoms with van der Waals surface area (Å²) in [5.41, 5.74) is 5.87. The van der Waals surface area contributed by atoms with E-state index in [9.17, 15) is 31.5 Å². The lowest BCUT2D eigenvalue weighted by atomic mass is 10.00. The molecule has 0 saturated carbocycles. The smallest absolute Gasteiger partial charge is 0.410 e. The van der Waals surface area contributed by atoms with Crippen molar-refractivity contribution in [1.29, 1.82) is 0 Å². The third kappa shape index (κ3) is 6.31. The first kappa shape index (κ1) is 30.8. The number of ether oxygens (including phenoxy) is 2. The number of aromatic nitrogens is 4. The fraction of sp³-hybridized carbons (Fsp3) is 0.379. The highest BCUT2D eigenvalue weighted by Crippen LogP contribution is 2.36. The van der Waals surface area contributed by atoms with Gasteiger partial charge in [0.1, 0.15) is 30.3 Å². The van der Waals surface area contributed by atoms with E-state index in [1.165, 1.54) is 18.3 Å². The van der Waals surface area contributed by atoms with Gasteiger partial charge in [0.15, 0.2) is 0 Å². The Kier molecular flexibility index (Phi) is 8.16. The second kappa shape index (κ2) is 11.9. The summed E-state index contributed by atoms with van der Waals surface area (Å²) in [5, 5.41) is 4.16. The molecule has 238 valence electrons. The minimum atomic E-state index is -4.75. The molecule has 2 N–H and O–H groups in total. The van der Waals surface area contributed by atoms with Gasteiger partial charge in [0.05, 0.1) is 29.7 Å². The van der Waals surface area contributed by atoms with Crippen LogP contribution in [0.1, 0.15) is 30.8 Å². The predicted molar refractivity (Wildman–Crippen MR) is 152 cm³/mol. The molecule has 1 amide bonds. The Morgan fingerprint density at radius 1 is 1.16 bits per heavy atom. The number of hydrogen-bond donors (Lipinski definition) is 1. The Morgan fingerprint density at radius 3 is 2.60 bits per heavy atom. The molecule has 45 heavy (non-hydrogen) atoms. The molecule has 4 aromatic rings. The van der Waals surface area contributed by atoms with Crippen molar-refractivity contribution < 1.29 is 36.2 Å². The van der Waals surface area contributed by atoms with Gasteiger partial charge >= 0.3 is 18.8 Å². The van der Waals surface area contributed by atoms with Crippen LogP contribution in [0.5, 0.6) is 5.75 Å². The number of cyclic esters (lactones) is 1. The molecular formula is C29H26ClF5N6O4. The average Bonchev–Trinajstić information content (AvgIpc) is 3.63. The molecule has 3 atom stereocenters. The summed E-state index contributed by atoms with van der Waals surface area (Å²) in [7, 11) is 0. The number of piperidine rings is 1. The minimum Gasteiger partial charge on any atom is -0.490 e. The second-order valence-corrected chi connectivity index (χ2v) is 11.4. The van der Waals surface area contributed by atoms with Gasteiger partial charge in [-0.15, -0.1) is 0 Å². The molecule has 6 rings (SSSR count). The average molecular weight is 653 g/mol. The summed E-state index contributed by atoms with van der Waals surface area (Å²) >= 11 is 5.98. The van der Waals surface area contributed by atoms with Gasteiger partial charge in [-0.05, 0) is 29.8 Å². The highest BCUT2D eigenvalue weighted by atomic mass is 35.5. The van der Waals surface area contributed by atoms with E-state index in [1.807, 2.05) is 0 Å². The highest BCUT2D eigenvalue weighted by Gasteiger charge is 2.40. The van der Waals surface area contributed by atoms with Crippen molar-refractivity contribution in [3.63, 3.8) is 0 Å². The molecule has 4 heterocycles. The van der Waals surface area contributed by atoms with Crippen molar-refractivity contribution in [2.75, 3.05) is 13.2 Å². The molecule has 2 aromatic carbocycles. The molecule has 2 aromatic heterocycles. The summed E-state index contributed by atoms with van der Waals surface area (Å²) < 4.78 is 80.4. The number of benzene rings is 2. The number of nitrogens with zero attached hydrogens (tertiary/aromatic N) is 5. The van der Waals surface area contributed by atoms with E-state index in [1.54, 1.807) is 29.2 Å². The second-order valence-electron chi connectivity index (χ2n) is 10.9. The normalized spacial score (nSPS) is 19.2. The van der Waals surface area contributed by atoms with Gasteiger partial charge in [-0.2, -0.15) is 27.1 Å². The van der Waals surface area contributed by atoms with E-state index in [2.05, 4.69) is 10.1 Å².